The lowest BCUT2D eigenvalue weighted by atomic mass is 9.79. The van der Waals surface area contributed by atoms with Crippen molar-refractivity contribution in [3.63, 3.8) is 0 Å². The summed E-state index contributed by atoms with van der Waals surface area (Å²) in [6, 6.07) is 0. The molecular formula is C20H36. The van der Waals surface area contributed by atoms with Gasteiger partial charge >= 0.3 is 0 Å². The number of hydrogen-bond acceptors (Lipinski definition) is 0. The predicted octanol–water partition coefficient (Wildman–Crippen LogP) is 6.49. The van der Waals surface area contributed by atoms with E-state index in [-0.39, 0.29) is 0 Å². The fourth-order valence-electron chi connectivity index (χ4n) is 4.38. The van der Waals surface area contributed by atoms with Gasteiger partial charge in [-0.2, -0.15) is 0 Å². The number of rotatable bonds is 4. The molecule has 0 heterocycles. The third kappa shape index (κ3) is 3.77. The van der Waals surface area contributed by atoms with Gasteiger partial charge in [0.05, 0.1) is 0 Å². The first-order valence-electron chi connectivity index (χ1n) is 8.84. The maximum absolute atomic E-state index is 2.54. The van der Waals surface area contributed by atoms with E-state index in [9.17, 15) is 0 Å². The zero-order valence-corrected chi connectivity index (χ0v) is 14.8. The molecule has 1 saturated carbocycles. The molecule has 116 valence electrons. The van der Waals surface area contributed by atoms with Gasteiger partial charge in [0, 0.05) is 0 Å². The van der Waals surface area contributed by atoms with E-state index < -0.39 is 0 Å². The van der Waals surface area contributed by atoms with Crippen molar-refractivity contribution in [2.24, 2.45) is 35.5 Å². The summed E-state index contributed by atoms with van der Waals surface area (Å²) in [5.41, 5.74) is 1.59. The van der Waals surface area contributed by atoms with Crippen LogP contribution in [0.4, 0.5) is 0 Å². The number of fused-ring (bicyclic) bond motifs is 1. The molecule has 0 radical (unpaired) electrons. The Kier molecular flexibility index (Phi) is 7.06. The van der Waals surface area contributed by atoms with Crippen molar-refractivity contribution in [2.45, 2.75) is 67.7 Å². The predicted molar refractivity (Wildman–Crippen MR) is 91.7 cm³/mol. The molecule has 0 aromatic rings. The minimum absolute atomic E-state index is 0.777. The van der Waals surface area contributed by atoms with Crippen LogP contribution in [0.1, 0.15) is 67.7 Å². The Balaban J connectivity index is 0.000000956. The second kappa shape index (κ2) is 8.05. The summed E-state index contributed by atoms with van der Waals surface area (Å²) in [4.78, 5) is 0. The Morgan fingerprint density at radius 2 is 1.90 bits per heavy atom. The van der Waals surface area contributed by atoms with Crippen LogP contribution in [0.25, 0.3) is 0 Å². The third-order valence-corrected chi connectivity index (χ3v) is 5.52. The van der Waals surface area contributed by atoms with E-state index in [2.05, 4.69) is 52.8 Å². The van der Waals surface area contributed by atoms with Crippen LogP contribution < -0.4 is 0 Å². The van der Waals surface area contributed by atoms with Crippen molar-refractivity contribution in [1.29, 1.82) is 0 Å². The van der Waals surface area contributed by atoms with Crippen LogP contribution >= 0.6 is 0 Å². The molecule has 0 N–H and O–H groups in total. The average molecular weight is 277 g/mol. The van der Waals surface area contributed by atoms with Crippen molar-refractivity contribution in [3.8, 4) is 0 Å². The monoisotopic (exact) mass is 276 g/mol. The third-order valence-electron chi connectivity index (χ3n) is 5.52. The highest BCUT2D eigenvalue weighted by atomic mass is 14.5. The van der Waals surface area contributed by atoms with Crippen molar-refractivity contribution < 1.29 is 0 Å². The summed E-state index contributed by atoms with van der Waals surface area (Å²) in [6.07, 6.45) is 11.5. The topological polar surface area (TPSA) is 0 Å². The first-order valence-corrected chi connectivity index (χ1v) is 8.84. The molecule has 20 heavy (non-hydrogen) atoms. The molecule has 0 aromatic heterocycles. The molecule has 0 aliphatic heterocycles. The molecule has 3 unspecified atom stereocenters. The van der Waals surface area contributed by atoms with Gasteiger partial charge in [0.1, 0.15) is 0 Å². The summed E-state index contributed by atoms with van der Waals surface area (Å²) in [6.45, 7) is 15.7. The van der Waals surface area contributed by atoms with E-state index in [0.29, 0.717) is 0 Å². The smallest absolute Gasteiger partial charge is 0.0171 e. The van der Waals surface area contributed by atoms with Crippen LogP contribution in [0.5, 0.6) is 0 Å². The Morgan fingerprint density at radius 3 is 2.45 bits per heavy atom. The molecule has 0 nitrogen and oxygen atoms in total. The van der Waals surface area contributed by atoms with Gasteiger partial charge in [0.15, 0.2) is 0 Å². The highest BCUT2D eigenvalue weighted by Gasteiger charge is 2.45. The van der Waals surface area contributed by atoms with Gasteiger partial charge in [0.25, 0.3) is 0 Å². The molecule has 0 spiro atoms. The van der Waals surface area contributed by atoms with E-state index in [1.165, 1.54) is 19.3 Å². The van der Waals surface area contributed by atoms with Crippen molar-refractivity contribution in [3.05, 3.63) is 23.8 Å². The molecule has 0 saturated heterocycles. The number of hydrogen-bond donors (Lipinski definition) is 0. The lowest BCUT2D eigenvalue weighted by Gasteiger charge is -2.26. The van der Waals surface area contributed by atoms with Gasteiger partial charge in [-0.1, -0.05) is 58.4 Å². The molecule has 2 aliphatic rings. The summed E-state index contributed by atoms with van der Waals surface area (Å²) < 4.78 is 0. The Labute approximate surface area is 127 Å². The highest BCUT2D eigenvalue weighted by molar-refractivity contribution is 5.14. The normalized spacial score (nSPS) is 33.9. The maximum atomic E-state index is 2.54. The van der Waals surface area contributed by atoms with Crippen LogP contribution in [-0.2, 0) is 0 Å². The van der Waals surface area contributed by atoms with Gasteiger partial charge in [-0.15, -0.1) is 0 Å². The lowest BCUT2D eigenvalue weighted by molar-refractivity contribution is 0.295. The molecular weight excluding hydrogens is 240 g/mol. The molecule has 5 atom stereocenters. The molecule has 2 rings (SSSR count). The average Bonchev–Trinajstić information content (AvgIpc) is 3.03. The van der Waals surface area contributed by atoms with Crippen molar-refractivity contribution >= 4 is 0 Å². The highest BCUT2D eigenvalue weighted by Crippen LogP contribution is 2.53. The van der Waals surface area contributed by atoms with Gasteiger partial charge in [-0.25, -0.2) is 0 Å². The standard InChI is InChI=1S/C18H30.C2H6/c1-6-13(4)14(5)18-11-15(10-12(2)3)16-8-7-9-17(16)18;1-2/h6-8,12,14-18H,9-11H2,1-5H3;1-2H3/b13-6-;/t14?,15-,16?,17?,18-;/m1./s1. The van der Waals surface area contributed by atoms with E-state index in [1.54, 1.807) is 5.57 Å². The Morgan fingerprint density at radius 1 is 1.25 bits per heavy atom. The van der Waals surface area contributed by atoms with Gasteiger partial charge in [0.2, 0.25) is 0 Å². The number of allylic oxidation sites excluding steroid dienone is 4. The molecule has 0 amide bonds. The zero-order valence-electron chi connectivity index (χ0n) is 14.8. The summed E-state index contributed by atoms with van der Waals surface area (Å²) in [5.74, 6) is 5.33. The van der Waals surface area contributed by atoms with E-state index in [4.69, 9.17) is 0 Å². The molecule has 2 aliphatic carbocycles. The maximum Gasteiger partial charge on any atom is -0.0171 e. The summed E-state index contributed by atoms with van der Waals surface area (Å²) in [5, 5.41) is 0. The second-order valence-electron chi connectivity index (χ2n) is 7.02. The van der Waals surface area contributed by atoms with Crippen molar-refractivity contribution in [2.75, 3.05) is 0 Å². The zero-order chi connectivity index (χ0) is 15.3. The fourth-order valence-corrected chi connectivity index (χ4v) is 4.38. The molecule has 0 heteroatoms. The van der Waals surface area contributed by atoms with Gasteiger partial charge in [-0.05, 0) is 68.6 Å². The summed E-state index contributed by atoms with van der Waals surface area (Å²) in [7, 11) is 0. The quantitative estimate of drug-likeness (QED) is 0.515. The van der Waals surface area contributed by atoms with E-state index in [0.717, 1.165) is 35.5 Å². The second-order valence-corrected chi connectivity index (χ2v) is 7.02. The Bertz CT molecular complexity index is 334. The fraction of sp³-hybridized carbons (Fsp3) is 0.800. The lowest BCUT2D eigenvalue weighted by Crippen LogP contribution is -2.18. The first-order chi connectivity index (χ1) is 9.54. The van der Waals surface area contributed by atoms with Crippen LogP contribution in [-0.4, -0.2) is 0 Å². The Hall–Kier alpha value is -0.520. The van der Waals surface area contributed by atoms with Crippen LogP contribution in [0.3, 0.4) is 0 Å². The van der Waals surface area contributed by atoms with Gasteiger partial charge in [-0.3, -0.25) is 0 Å². The van der Waals surface area contributed by atoms with Gasteiger partial charge < -0.3 is 0 Å². The molecule has 0 bridgehead atoms. The SMILES string of the molecule is C/C=C(/C)C(C)[C@H]1C[C@@H](CC(C)C)C2C=CCC21.CC. The van der Waals surface area contributed by atoms with E-state index in [1.807, 2.05) is 13.8 Å². The van der Waals surface area contributed by atoms with Crippen molar-refractivity contribution in [1.82, 2.24) is 0 Å². The van der Waals surface area contributed by atoms with Crippen LogP contribution in [0.15, 0.2) is 23.8 Å². The largest absolute Gasteiger partial charge is 0.0885 e. The van der Waals surface area contributed by atoms with Crippen LogP contribution in [0, 0.1) is 35.5 Å². The minimum Gasteiger partial charge on any atom is -0.0885 e. The minimum atomic E-state index is 0.777. The van der Waals surface area contributed by atoms with Crippen LogP contribution in [0.2, 0.25) is 0 Å². The first kappa shape index (κ1) is 17.5. The summed E-state index contributed by atoms with van der Waals surface area (Å²) >= 11 is 0. The molecule has 0 aromatic carbocycles. The molecule has 1 fully saturated rings. The van der Waals surface area contributed by atoms with E-state index >= 15 is 0 Å².